The van der Waals surface area contributed by atoms with Gasteiger partial charge < -0.3 is 10.2 Å². The number of benzene rings is 1. The van der Waals surface area contributed by atoms with E-state index in [1.807, 2.05) is 4.90 Å². The molecule has 3 nitrogen and oxygen atoms in total. The van der Waals surface area contributed by atoms with E-state index in [4.69, 9.17) is 0 Å². The number of nitrogens with zero attached hydrogens (tertiary/aromatic N) is 1. The van der Waals surface area contributed by atoms with E-state index in [1.165, 1.54) is 12.1 Å². The number of hydrogen-bond acceptors (Lipinski definition) is 2. The highest BCUT2D eigenvalue weighted by Gasteiger charge is 2.34. The van der Waals surface area contributed by atoms with Crippen LogP contribution in [-0.2, 0) is 0 Å². The molecule has 3 rings (SSSR count). The van der Waals surface area contributed by atoms with Crippen molar-refractivity contribution in [2.45, 2.75) is 18.9 Å². The molecule has 2 fully saturated rings. The van der Waals surface area contributed by atoms with E-state index in [1.54, 1.807) is 12.1 Å². The Kier molecular flexibility index (Phi) is 4.42. The van der Waals surface area contributed by atoms with Crippen LogP contribution in [0.25, 0.3) is 0 Å². The average Bonchev–Trinajstić information content (AvgIpc) is 2.85. The number of rotatable bonds is 1. The molecule has 5 heteroatoms. The molecule has 1 N–H and O–H groups in total. The summed E-state index contributed by atoms with van der Waals surface area (Å²) in [5, 5.41) is 3.47. The molecule has 0 saturated carbocycles. The molecule has 0 spiro atoms. The van der Waals surface area contributed by atoms with Gasteiger partial charge in [-0.3, -0.25) is 4.79 Å². The van der Waals surface area contributed by atoms with E-state index in [9.17, 15) is 9.18 Å². The van der Waals surface area contributed by atoms with Crippen molar-refractivity contribution in [2.75, 3.05) is 19.6 Å². The minimum Gasteiger partial charge on any atom is -0.338 e. The van der Waals surface area contributed by atoms with Gasteiger partial charge in [-0.05, 0) is 43.5 Å². The first-order valence-electron chi connectivity index (χ1n) is 6.52. The van der Waals surface area contributed by atoms with Gasteiger partial charge in [0.1, 0.15) is 5.82 Å². The molecule has 0 aromatic heterocycles. The van der Waals surface area contributed by atoms with E-state index in [0.717, 1.165) is 32.5 Å². The fraction of sp³-hybridized carbons (Fsp3) is 0.500. The van der Waals surface area contributed by atoms with Crippen molar-refractivity contribution >= 4 is 18.3 Å². The van der Waals surface area contributed by atoms with E-state index >= 15 is 0 Å². The zero-order chi connectivity index (χ0) is 12.5. The van der Waals surface area contributed by atoms with Gasteiger partial charge in [0.05, 0.1) is 0 Å². The van der Waals surface area contributed by atoms with Crippen LogP contribution in [0.2, 0.25) is 0 Å². The predicted octanol–water partition coefficient (Wildman–Crippen LogP) is 2.07. The van der Waals surface area contributed by atoms with E-state index in [2.05, 4.69) is 5.32 Å². The van der Waals surface area contributed by atoms with Gasteiger partial charge in [0.15, 0.2) is 0 Å². The number of carbonyl (C=O) groups is 1. The first-order valence-corrected chi connectivity index (χ1v) is 6.52. The van der Waals surface area contributed by atoms with E-state index in [0.29, 0.717) is 17.5 Å². The topological polar surface area (TPSA) is 32.3 Å². The second-order valence-electron chi connectivity index (χ2n) is 5.16. The van der Waals surface area contributed by atoms with Crippen LogP contribution in [0.1, 0.15) is 23.2 Å². The minimum absolute atomic E-state index is 0. The molecule has 2 aliphatic rings. The molecule has 1 aromatic carbocycles. The Balaban J connectivity index is 0.00000133. The Morgan fingerprint density at radius 2 is 2.21 bits per heavy atom. The largest absolute Gasteiger partial charge is 0.338 e. The van der Waals surface area contributed by atoms with Crippen molar-refractivity contribution in [3.8, 4) is 0 Å². The summed E-state index contributed by atoms with van der Waals surface area (Å²) in [6.07, 6.45) is 2.14. The number of nitrogens with one attached hydrogen (secondary N) is 1. The summed E-state index contributed by atoms with van der Waals surface area (Å²) in [5.74, 6) is 0.175. The van der Waals surface area contributed by atoms with Crippen LogP contribution in [0.3, 0.4) is 0 Å². The maximum absolute atomic E-state index is 13.1. The van der Waals surface area contributed by atoms with Crippen molar-refractivity contribution in [3.63, 3.8) is 0 Å². The number of hydrogen-bond donors (Lipinski definition) is 1. The van der Waals surface area contributed by atoms with Crippen molar-refractivity contribution in [2.24, 2.45) is 5.92 Å². The summed E-state index contributed by atoms with van der Waals surface area (Å²) < 4.78 is 13.1. The van der Waals surface area contributed by atoms with Crippen LogP contribution in [-0.4, -0.2) is 36.5 Å². The van der Waals surface area contributed by atoms with Crippen LogP contribution in [0, 0.1) is 11.7 Å². The van der Waals surface area contributed by atoms with Gasteiger partial charge in [0.2, 0.25) is 0 Å². The van der Waals surface area contributed by atoms with E-state index < -0.39 is 0 Å². The highest BCUT2D eigenvalue weighted by atomic mass is 35.5. The molecular formula is C14H18ClFN2O. The normalized spacial score (nSPS) is 25.6. The monoisotopic (exact) mass is 284 g/mol. The molecule has 104 valence electrons. The maximum Gasteiger partial charge on any atom is 0.253 e. The van der Waals surface area contributed by atoms with Gasteiger partial charge in [-0.1, -0.05) is 6.07 Å². The highest BCUT2D eigenvalue weighted by Crippen LogP contribution is 2.25. The molecule has 0 radical (unpaired) electrons. The first kappa shape index (κ1) is 14.3. The lowest BCUT2D eigenvalue weighted by molar-refractivity contribution is 0.0661. The van der Waals surface area contributed by atoms with E-state index in [-0.39, 0.29) is 24.1 Å². The molecular weight excluding hydrogens is 267 g/mol. The number of halogens is 2. The number of carbonyl (C=O) groups excluding carboxylic acids is 1. The number of fused-ring (bicyclic) bond motifs is 1. The third kappa shape index (κ3) is 2.90. The molecule has 19 heavy (non-hydrogen) atoms. The minimum atomic E-state index is -0.349. The Labute approximate surface area is 118 Å². The molecule has 2 aliphatic heterocycles. The number of amides is 1. The second-order valence-corrected chi connectivity index (χ2v) is 5.16. The van der Waals surface area contributed by atoms with Gasteiger partial charge in [0.25, 0.3) is 5.91 Å². The summed E-state index contributed by atoms with van der Waals surface area (Å²) in [7, 11) is 0. The lowest BCUT2D eigenvalue weighted by atomic mass is 9.93. The summed E-state index contributed by atoms with van der Waals surface area (Å²) in [4.78, 5) is 14.1. The van der Waals surface area contributed by atoms with Crippen LogP contribution in [0.15, 0.2) is 24.3 Å². The standard InChI is InChI=1S/C14H17FN2O.ClH/c15-12-3-1-2-10(8-12)14(18)17-7-5-13-11(9-17)4-6-16-13;/h1-3,8,11,13,16H,4-7,9H2;1H. The van der Waals surface area contributed by atoms with Gasteiger partial charge in [-0.2, -0.15) is 0 Å². The maximum atomic E-state index is 13.1. The van der Waals surface area contributed by atoms with Crippen LogP contribution >= 0.6 is 12.4 Å². The summed E-state index contributed by atoms with van der Waals surface area (Å²) in [6, 6.07) is 6.53. The van der Waals surface area contributed by atoms with Gasteiger partial charge in [-0.15, -0.1) is 12.4 Å². The van der Waals surface area contributed by atoms with Gasteiger partial charge >= 0.3 is 0 Å². The van der Waals surface area contributed by atoms with Crippen molar-refractivity contribution in [1.29, 1.82) is 0 Å². The van der Waals surface area contributed by atoms with Gasteiger partial charge in [0, 0.05) is 24.7 Å². The Morgan fingerprint density at radius 3 is 3.00 bits per heavy atom. The molecule has 0 aliphatic carbocycles. The SMILES string of the molecule is Cl.O=C(c1cccc(F)c1)N1CCC2NCCC2C1. The third-order valence-electron chi connectivity index (χ3n) is 4.01. The fourth-order valence-corrected chi connectivity index (χ4v) is 3.04. The zero-order valence-electron chi connectivity index (χ0n) is 10.6. The van der Waals surface area contributed by atoms with Crippen molar-refractivity contribution in [3.05, 3.63) is 35.6 Å². The first-order chi connectivity index (χ1) is 8.74. The van der Waals surface area contributed by atoms with Gasteiger partial charge in [-0.25, -0.2) is 4.39 Å². The quantitative estimate of drug-likeness (QED) is 0.856. The predicted molar refractivity (Wildman–Crippen MR) is 74.1 cm³/mol. The summed E-state index contributed by atoms with van der Waals surface area (Å²) in [5.41, 5.74) is 0.458. The molecule has 2 unspecified atom stereocenters. The van der Waals surface area contributed by atoms with Crippen LogP contribution in [0.5, 0.6) is 0 Å². The molecule has 1 amide bonds. The molecule has 0 bridgehead atoms. The average molecular weight is 285 g/mol. The summed E-state index contributed by atoms with van der Waals surface area (Å²) in [6.45, 7) is 2.62. The molecule has 2 heterocycles. The highest BCUT2D eigenvalue weighted by molar-refractivity contribution is 5.94. The number of piperidine rings is 1. The summed E-state index contributed by atoms with van der Waals surface area (Å²) >= 11 is 0. The molecule has 2 atom stereocenters. The molecule has 1 aromatic rings. The Morgan fingerprint density at radius 1 is 1.37 bits per heavy atom. The smallest absolute Gasteiger partial charge is 0.253 e. The van der Waals surface area contributed by atoms with Crippen molar-refractivity contribution < 1.29 is 9.18 Å². The third-order valence-corrected chi connectivity index (χ3v) is 4.01. The Bertz CT molecular complexity index is 469. The second kappa shape index (κ2) is 5.88. The number of likely N-dealkylation sites (tertiary alicyclic amines) is 1. The zero-order valence-corrected chi connectivity index (χ0v) is 11.5. The van der Waals surface area contributed by atoms with Crippen LogP contribution in [0.4, 0.5) is 4.39 Å². The fourth-order valence-electron chi connectivity index (χ4n) is 3.04. The Hall–Kier alpha value is -1.13. The lowest BCUT2D eigenvalue weighted by Gasteiger charge is -2.34. The lowest BCUT2D eigenvalue weighted by Crippen LogP contribution is -2.46. The van der Waals surface area contributed by atoms with Crippen molar-refractivity contribution in [1.82, 2.24) is 10.2 Å². The van der Waals surface area contributed by atoms with Crippen LogP contribution < -0.4 is 5.32 Å². The molecule has 2 saturated heterocycles.